The van der Waals surface area contributed by atoms with E-state index in [0.717, 1.165) is 64.8 Å². The van der Waals surface area contributed by atoms with Gasteiger partial charge in [-0.3, -0.25) is 9.25 Å². The molecule has 5 aromatic heterocycles. The molecule has 1 aromatic carbocycles. The van der Waals surface area contributed by atoms with E-state index in [1.165, 1.54) is 0 Å². The van der Waals surface area contributed by atoms with Crippen molar-refractivity contribution in [3.63, 3.8) is 0 Å². The van der Waals surface area contributed by atoms with Crippen molar-refractivity contribution >= 4 is 33.2 Å². The molecule has 10 nitrogen and oxygen atoms in total. The van der Waals surface area contributed by atoms with E-state index in [0.29, 0.717) is 29.1 Å². The zero-order chi connectivity index (χ0) is 26.0. The Morgan fingerprint density at radius 1 is 1.08 bits per heavy atom. The van der Waals surface area contributed by atoms with Crippen molar-refractivity contribution in [2.24, 2.45) is 14.1 Å². The normalized spacial score (nSPS) is 15.9. The van der Waals surface area contributed by atoms with Gasteiger partial charge >= 0.3 is 5.69 Å². The molecule has 6 heterocycles. The number of pyridine rings is 1. The average Bonchev–Trinajstić information content (AvgIpc) is 3.70. The van der Waals surface area contributed by atoms with Crippen molar-refractivity contribution in [3.05, 3.63) is 59.2 Å². The third-order valence-corrected chi connectivity index (χ3v) is 7.56. The summed E-state index contributed by atoms with van der Waals surface area (Å²) >= 11 is 0. The molecule has 1 saturated heterocycles. The molecule has 6 aromatic rings. The molecule has 0 amide bonds. The highest BCUT2D eigenvalue weighted by Gasteiger charge is 2.23. The number of hydrogen-bond acceptors (Lipinski definition) is 7. The van der Waals surface area contributed by atoms with Crippen LogP contribution in [0.1, 0.15) is 25.1 Å². The number of nitrogens with zero attached hydrogens (tertiary/aromatic N) is 7. The minimum Gasteiger partial charge on any atom is -0.434 e. The lowest BCUT2D eigenvalue weighted by atomic mass is 10.1. The van der Waals surface area contributed by atoms with E-state index in [1.807, 2.05) is 56.0 Å². The number of ether oxygens (including phenoxy) is 1. The molecule has 1 aliphatic rings. The predicted octanol–water partition coefficient (Wildman–Crippen LogP) is 4.37. The first-order valence-corrected chi connectivity index (χ1v) is 12.8. The number of hydrogen-bond donors (Lipinski definition) is 0. The summed E-state index contributed by atoms with van der Waals surface area (Å²) in [4.78, 5) is 27.4. The fourth-order valence-corrected chi connectivity index (χ4v) is 5.45. The van der Waals surface area contributed by atoms with Crippen LogP contribution in [0, 0.1) is 6.92 Å². The van der Waals surface area contributed by atoms with Crippen LogP contribution in [0.2, 0.25) is 0 Å². The van der Waals surface area contributed by atoms with Gasteiger partial charge in [-0.2, -0.15) is 10.1 Å². The van der Waals surface area contributed by atoms with Gasteiger partial charge in [0.1, 0.15) is 17.0 Å². The molecule has 0 aliphatic carbocycles. The summed E-state index contributed by atoms with van der Waals surface area (Å²) < 4.78 is 17.7. The molecule has 10 heteroatoms. The smallest absolute Gasteiger partial charge is 0.348 e. The molecule has 1 atom stereocenters. The Hall–Kier alpha value is -4.31. The second-order valence-corrected chi connectivity index (χ2v) is 10.00. The number of benzene rings is 1. The standard InChI is InChI=1S/C28H27N7O3/c1-16-31-22-12-17(6-7-23(22)34(16)3)24-26-25(35(28(36)32-24)9-8-20-5-4-10-37-20)21-11-18(13-29-27(21)38-26)19-14-30-33(2)15-19/h6-7,11-15,20H,4-5,8-10H2,1-3H3. The van der Waals surface area contributed by atoms with Crippen LogP contribution < -0.4 is 5.69 Å². The van der Waals surface area contributed by atoms with E-state index in [4.69, 9.17) is 9.15 Å². The van der Waals surface area contributed by atoms with Crippen LogP contribution in [-0.4, -0.2) is 46.6 Å². The maximum absolute atomic E-state index is 13.6. The lowest BCUT2D eigenvalue weighted by Gasteiger charge is -2.13. The lowest BCUT2D eigenvalue weighted by molar-refractivity contribution is 0.100. The summed E-state index contributed by atoms with van der Waals surface area (Å²) in [6, 6.07) is 7.94. The maximum atomic E-state index is 13.6. The zero-order valence-corrected chi connectivity index (χ0v) is 21.5. The summed E-state index contributed by atoms with van der Waals surface area (Å²) in [6.45, 7) is 3.22. The monoisotopic (exact) mass is 509 g/mol. The van der Waals surface area contributed by atoms with Gasteiger partial charge in [-0.25, -0.2) is 14.8 Å². The molecule has 38 heavy (non-hydrogen) atoms. The van der Waals surface area contributed by atoms with Crippen molar-refractivity contribution in [3.8, 4) is 22.4 Å². The molecule has 0 radical (unpaired) electrons. The fraction of sp³-hybridized carbons (Fsp3) is 0.321. The second kappa shape index (κ2) is 8.63. The number of imidazole rings is 1. The minimum absolute atomic E-state index is 0.147. The Labute approximate surface area is 217 Å². The van der Waals surface area contributed by atoms with Crippen molar-refractivity contribution < 1.29 is 9.15 Å². The van der Waals surface area contributed by atoms with Gasteiger partial charge in [0.05, 0.1) is 28.7 Å². The Morgan fingerprint density at radius 2 is 1.97 bits per heavy atom. The molecular weight excluding hydrogens is 482 g/mol. The van der Waals surface area contributed by atoms with E-state index in [9.17, 15) is 4.79 Å². The second-order valence-electron chi connectivity index (χ2n) is 10.00. The lowest BCUT2D eigenvalue weighted by Crippen LogP contribution is -2.25. The quantitative estimate of drug-likeness (QED) is 0.340. The van der Waals surface area contributed by atoms with Crippen molar-refractivity contribution in [2.45, 2.75) is 38.8 Å². The number of rotatable bonds is 5. The van der Waals surface area contributed by atoms with E-state index < -0.39 is 0 Å². The molecular formula is C28H27N7O3. The third-order valence-electron chi connectivity index (χ3n) is 7.56. The predicted molar refractivity (Wildman–Crippen MR) is 144 cm³/mol. The Bertz CT molecular complexity index is 1900. The third kappa shape index (κ3) is 3.63. The van der Waals surface area contributed by atoms with E-state index in [2.05, 4.69) is 20.1 Å². The van der Waals surface area contributed by atoms with Gasteiger partial charge in [0, 0.05) is 56.3 Å². The molecule has 0 bridgehead atoms. The SMILES string of the molecule is Cc1nc2cc(-c3nc(=O)n(CCC4CCCO4)c4c3oc3ncc(-c5cnn(C)c5)cc34)ccc2n1C. The van der Waals surface area contributed by atoms with Crippen LogP contribution in [0.4, 0.5) is 0 Å². The van der Waals surface area contributed by atoms with Crippen molar-refractivity contribution in [1.29, 1.82) is 0 Å². The fourth-order valence-electron chi connectivity index (χ4n) is 5.45. The summed E-state index contributed by atoms with van der Waals surface area (Å²) in [5.74, 6) is 0.913. The molecule has 0 spiro atoms. The van der Waals surface area contributed by atoms with E-state index in [-0.39, 0.29) is 11.8 Å². The Morgan fingerprint density at radius 3 is 2.76 bits per heavy atom. The van der Waals surface area contributed by atoms with Crippen LogP contribution in [0.5, 0.6) is 0 Å². The first-order valence-electron chi connectivity index (χ1n) is 12.8. The minimum atomic E-state index is -0.322. The topological polar surface area (TPSA) is 106 Å². The number of furan rings is 1. The van der Waals surface area contributed by atoms with Crippen LogP contribution in [0.25, 0.3) is 55.6 Å². The van der Waals surface area contributed by atoms with Gasteiger partial charge in [-0.15, -0.1) is 0 Å². The largest absolute Gasteiger partial charge is 0.434 e. The zero-order valence-electron chi connectivity index (χ0n) is 21.5. The van der Waals surface area contributed by atoms with Crippen LogP contribution >= 0.6 is 0 Å². The molecule has 0 saturated carbocycles. The van der Waals surface area contributed by atoms with Gasteiger partial charge in [0.15, 0.2) is 5.58 Å². The first-order chi connectivity index (χ1) is 18.5. The number of aromatic nitrogens is 7. The van der Waals surface area contributed by atoms with Gasteiger partial charge in [-0.05, 0) is 44.4 Å². The summed E-state index contributed by atoms with van der Waals surface area (Å²) in [5, 5.41) is 5.06. The molecule has 192 valence electrons. The molecule has 7 rings (SSSR count). The van der Waals surface area contributed by atoms with E-state index in [1.54, 1.807) is 21.6 Å². The van der Waals surface area contributed by atoms with Gasteiger partial charge in [-0.1, -0.05) is 6.07 Å². The average molecular weight is 510 g/mol. The highest BCUT2D eigenvalue weighted by molar-refractivity contribution is 6.07. The Kier molecular flexibility index (Phi) is 5.19. The summed E-state index contributed by atoms with van der Waals surface area (Å²) in [5.41, 5.74) is 6.33. The van der Waals surface area contributed by atoms with Gasteiger partial charge < -0.3 is 13.7 Å². The first kappa shape index (κ1) is 22.9. The van der Waals surface area contributed by atoms with Gasteiger partial charge in [0.2, 0.25) is 5.71 Å². The number of aryl methyl sites for hydroxylation is 4. The molecule has 1 aliphatic heterocycles. The van der Waals surface area contributed by atoms with E-state index >= 15 is 0 Å². The van der Waals surface area contributed by atoms with Gasteiger partial charge in [0.25, 0.3) is 0 Å². The van der Waals surface area contributed by atoms with Crippen molar-refractivity contribution in [2.75, 3.05) is 6.61 Å². The highest BCUT2D eigenvalue weighted by Crippen LogP contribution is 2.36. The molecule has 1 fully saturated rings. The van der Waals surface area contributed by atoms with Crippen molar-refractivity contribution in [1.82, 2.24) is 33.9 Å². The van der Waals surface area contributed by atoms with Crippen LogP contribution in [0.15, 0.2) is 52.1 Å². The molecule has 0 N–H and O–H groups in total. The van der Waals surface area contributed by atoms with Crippen LogP contribution in [-0.2, 0) is 25.4 Å². The maximum Gasteiger partial charge on any atom is 0.348 e. The summed E-state index contributed by atoms with van der Waals surface area (Å²) in [6.07, 6.45) is 8.44. The highest BCUT2D eigenvalue weighted by atomic mass is 16.5. The number of fused-ring (bicyclic) bond motifs is 4. The molecule has 1 unspecified atom stereocenters. The summed E-state index contributed by atoms with van der Waals surface area (Å²) in [7, 11) is 3.87. The van der Waals surface area contributed by atoms with Crippen LogP contribution in [0.3, 0.4) is 0 Å². The Balaban J connectivity index is 1.46.